The number of rotatable bonds is 8. The van der Waals surface area contributed by atoms with E-state index in [2.05, 4.69) is 56.3 Å². The molecule has 2 N–H and O–H groups in total. The Morgan fingerprint density at radius 1 is 0.981 bits per heavy atom. The molecule has 5 aromatic rings. The van der Waals surface area contributed by atoms with Gasteiger partial charge in [-0.2, -0.15) is 0 Å². The molecule has 6 heterocycles. The number of carbonyl (C=O) groups is 3. The second-order valence-electron chi connectivity index (χ2n) is 14.1. The lowest BCUT2D eigenvalue weighted by Gasteiger charge is -2.36. The summed E-state index contributed by atoms with van der Waals surface area (Å²) in [4.78, 5) is 60.9. The fourth-order valence-electron chi connectivity index (χ4n) is 7.68. The molecule has 3 aliphatic rings. The van der Waals surface area contributed by atoms with Crippen LogP contribution in [0.15, 0.2) is 53.3 Å². The van der Waals surface area contributed by atoms with Crippen LogP contribution in [0, 0.1) is 18.6 Å². The van der Waals surface area contributed by atoms with Crippen molar-refractivity contribution in [3.8, 4) is 11.3 Å². The Morgan fingerprint density at radius 3 is 2.50 bits per heavy atom. The molecule has 1 atom stereocenters. The van der Waals surface area contributed by atoms with Crippen LogP contribution in [0.3, 0.4) is 0 Å². The lowest BCUT2D eigenvalue weighted by Crippen LogP contribution is -2.52. The van der Waals surface area contributed by atoms with Gasteiger partial charge in [0.05, 0.1) is 29.2 Å². The van der Waals surface area contributed by atoms with Crippen molar-refractivity contribution in [3.63, 3.8) is 0 Å². The highest BCUT2D eigenvalue weighted by Gasteiger charge is 2.40. The van der Waals surface area contributed by atoms with E-state index in [0.717, 1.165) is 49.2 Å². The number of aromatic nitrogens is 5. The molecule has 1 unspecified atom stereocenters. The summed E-state index contributed by atoms with van der Waals surface area (Å²) >= 11 is 3.60. The lowest BCUT2D eigenvalue weighted by atomic mass is 10.0. The van der Waals surface area contributed by atoms with Crippen LogP contribution >= 0.6 is 15.9 Å². The SMILES string of the molecule is Cc1nc2c(F)cc(-c3nc(Nc4ccc(N5CCN(Cc6cc(Br)c7c(c6)CN(C6CCC(=O)NC6=O)C7=O)CC5)cn4)ncc3F)cc2n1C(C)C. The average molecular weight is 800 g/mol. The minimum atomic E-state index is -0.676. The Bertz CT molecular complexity index is 2330. The molecule has 16 heteroatoms. The summed E-state index contributed by atoms with van der Waals surface area (Å²) in [5.41, 5.74) is 4.51. The van der Waals surface area contributed by atoms with Crippen LogP contribution in [-0.2, 0) is 22.7 Å². The maximum absolute atomic E-state index is 15.1. The predicted molar refractivity (Wildman–Crippen MR) is 201 cm³/mol. The average Bonchev–Trinajstić information content (AvgIpc) is 3.66. The number of hydrogen-bond acceptors (Lipinski definition) is 10. The summed E-state index contributed by atoms with van der Waals surface area (Å²) in [7, 11) is 0. The number of pyridine rings is 1. The second kappa shape index (κ2) is 14.1. The lowest BCUT2D eigenvalue weighted by molar-refractivity contribution is -0.136. The summed E-state index contributed by atoms with van der Waals surface area (Å²) in [5.74, 6) is -0.891. The zero-order valence-corrected chi connectivity index (χ0v) is 31.5. The number of anilines is 3. The van der Waals surface area contributed by atoms with Gasteiger partial charge in [-0.1, -0.05) is 6.07 Å². The molecule has 278 valence electrons. The van der Waals surface area contributed by atoms with Crippen LogP contribution in [0.5, 0.6) is 0 Å². The fraction of sp³-hybridized carbons (Fsp3) is 0.342. The van der Waals surface area contributed by atoms with Crippen LogP contribution in [0.1, 0.15) is 60.0 Å². The number of amides is 3. The van der Waals surface area contributed by atoms with Crippen LogP contribution in [0.25, 0.3) is 22.3 Å². The van der Waals surface area contributed by atoms with Crippen molar-refractivity contribution in [2.45, 2.75) is 58.8 Å². The Morgan fingerprint density at radius 2 is 1.78 bits per heavy atom. The van der Waals surface area contributed by atoms with Crippen molar-refractivity contribution in [1.29, 1.82) is 0 Å². The van der Waals surface area contributed by atoms with Crippen LogP contribution in [-0.4, -0.2) is 84.2 Å². The zero-order chi connectivity index (χ0) is 37.8. The van der Waals surface area contributed by atoms with Crippen molar-refractivity contribution in [3.05, 3.63) is 87.4 Å². The van der Waals surface area contributed by atoms with Gasteiger partial charge in [0.25, 0.3) is 5.91 Å². The van der Waals surface area contributed by atoms with E-state index in [9.17, 15) is 14.4 Å². The molecule has 2 aromatic carbocycles. The van der Waals surface area contributed by atoms with Gasteiger partial charge in [0.1, 0.15) is 28.9 Å². The maximum Gasteiger partial charge on any atom is 0.256 e. The van der Waals surface area contributed by atoms with E-state index in [1.807, 2.05) is 49.6 Å². The largest absolute Gasteiger partial charge is 0.368 e. The van der Waals surface area contributed by atoms with Crippen molar-refractivity contribution in [1.82, 2.24) is 39.6 Å². The number of hydrogen-bond donors (Lipinski definition) is 2. The molecular weight excluding hydrogens is 762 g/mol. The van der Waals surface area contributed by atoms with Gasteiger partial charge in [-0.15, -0.1) is 0 Å². The topological polar surface area (TPSA) is 141 Å². The monoisotopic (exact) mass is 798 g/mol. The van der Waals surface area contributed by atoms with Crippen molar-refractivity contribution in [2.24, 2.45) is 0 Å². The normalized spacial score (nSPS) is 17.8. The number of carbonyl (C=O) groups excluding carboxylic acids is 3. The number of imide groups is 1. The molecule has 3 aliphatic heterocycles. The summed E-state index contributed by atoms with van der Waals surface area (Å²) in [5, 5.41) is 5.39. The van der Waals surface area contributed by atoms with Gasteiger partial charge >= 0.3 is 0 Å². The molecule has 2 fully saturated rings. The van der Waals surface area contributed by atoms with Gasteiger partial charge in [0, 0.05) is 61.8 Å². The van der Waals surface area contributed by atoms with Crippen LogP contribution < -0.4 is 15.5 Å². The van der Waals surface area contributed by atoms with Gasteiger partial charge in [0.2, 0.25) is 17.8 Å². The van der Waals surface area contributed by atoms with Gasteiger partial charge in [-0.05, 0) is 84.6 Å². The van der Waals surface area contributed by atoms with Crippen LogP contribution in [0.2, 0.25) is 0 Å². The molecular formula is C38H37BrF2N10O3. The predicted octanol–water partition coefficient (Wildman–Crippen LogP) is 5.65. The number of aryl methyl sites for hydroxylation is 1. The molecule has 3 amide bonds. The number of imidazole rings is 1. The first kappa shape index (κ1) is 35.7. The first-order chi connectivity index (χ1) is 25.9. The second-order valence-corrected chi connectivity index (χ2v) is 15.0. The molecule has 3 aromatic heterocycles. The Hall–Kier alpha value is -5.35. The number of piperidine rings is 1. The third-order valence-electron chi connectivity index (χ3n) is 10.2. The Balaban J connectivity index is 0.894. The summed E-state index contributed by atoms with van der Waals surface area (Å²) in [6.45, 7) is 9.99. The van der Waals surface area contributed by atoms with Crippen molar-refractivity contribution >= 4 is 62.1 Å². The van der Waals surface area contributed by atoms with Gasteiger partial charge in [-0.25, -0.2) is 28.7 Å². The van der Waals surface area contributed by atoms with E-state index in [1.165, 1.54) is 6.07 Å². The molecule has 0 bridgehead atoms. The zero-order valence-electron chi connectivity index (χ0n) is 29.9. The Labute approximate surface area is 317 Å². The standard InChI is InChI=1S/C38H37BrF2N10O3/c1-20(2)51-21(3)44-35-27(40)14-23(15-30(35)51)34-28(41)17-43-38(47-34)45-31-6-4-25(16-42-31)49-10-8-48(9-11-49)18-22-12-24-19-50(37(54)33(24)26(39)13-22)29-5-7-32(52)46-36(29)53/h4,6,12-17,20,29H,5,7-11,18-19H2,1-3H3,(H,46,52,53)(H,42,43,45,47). The first-order valence-corrected chi connectivity index (χ1v) is 18.6. The molecule has 0 radical (unpaired) electrons. The number of nitrogens with one attached hydrogen (secondary N) is 2. The molecule has 54 heavy (non-hydrogen) atoms. The smallest absolute Gasteiger partial charge is 0.256 e. The quantitative estimate of drug-likeness (QED) is 0.190. The van der Waals surface area contributed by atoms with Crippen LogP contribution in [0.4, 0.5) is 26.2 Å². The van der Waals surface area contributed by atoms with E-state index < -0.39 is 23.6 Å². The number of benzene rings is 2. The van der Waals surface area contributed by atoms with Crippen molar-refractivity contribution in [2.75, 3.05) is 36.4 Å². The molecule has 2 saturated heterocycles. The summed E-state index contributed by atoms with van der Waals surface area (Å²) in [6.07, 6.45) is 3.37. The highest BCUT2D eigenvalue weighted by molar-refractivity contribution is 9.10. The van der Waals surface area contributed by atoms with E-state index >= 15 is 8.78 Å². The summed E-state index contributed by atoms with van der Waals surface area (Å²) < 4.78 is 32.8. The summed E-state index contributed by atoms with van der Waals surface area (Å²) in [6, 6.07) is 10.1. The number of piperazine rings is 1. The highest BCUT2D eigenvalue weighted by Crippen LogP contribution is 2.35. The molecule has 13 nitrogen and oxygen atoms in total. The van der Waals surface area contributed by atoms with Gasteiger partial charge < -0.3 is 19.7 Å². The minimum Gasteiger partial charge on any atom is -0.368 e. The Kier molecular flexibility index (Phi) is 9.34. The number of halogens is 3. The van der Waals surface area contributed by atoms with E-state index in [0.29, 0.717) is 46.7 Å². The molecule has 0 spiro atoms. The minimum absolute atomic E-state index is 0.0326. The van der Waals surface area contributed by atoms with Gasteiger partial charge in [-0.3, -0.25) is 24.6 Å². The maximum atomic E-state index is 15.1. The van der Waals surface area contributed by atoms with Gasteiger partial charge in [0.15, 0.2) is 11.6 Å². The van der Waals surface area contributed by atoms with E-state index in [1.54, 1.807) is 17.2 Å². The third kappa shape index (κ3) is 6.68. The number of fused-ring (bicyclic) bond motifs is 2. The number of nitrogens with zero attached hydrogens (tertiary/aromatic N) is 8. The molecule has 8 rings (SSSR count). The van der Waals surface area contributed by atoms with E-state index in [-0.39, 0.29) is 47.0 Å². The highest BCUT2D eigenvalue weighted by atomic mass is 79.9. The third-order valence-corrected chi connectivity index (χ3v) is 10.8. The fourth-order valence-corrected chi connectivity index (χ4v) is 8.40. The molecule has 0 aliphatic carbocycles. The molecule has 0 saturated carbocycles. The first-order valence-electron chi connectivity index (χ1n) is 17.8. The van der Waals surface area contributed by atoms with E-state index in [4.69, 9.17) is 0 Å². The van der Waals surface area contributed by atoms with Crippen molar-refractivity contribution < 1.29 is 23.2 Å².